The Bertz CT molecular complexity index is 270. The van der Waals surface area contributed by atoms with Crippen LogP contribution in [0.25, 0.3) is 0 Å². The highest BCUT2D eigenvalue weighted by atomic mass is 16.6. The quantitative estimate of drug-likeness (QED) is 0.673. The van der Waals surface area contributed by atoms with Gasteiger partial charge in [-0.05, 0) is 20.8 Å². The second-order valence-corrected chi connectivity index (χ2v) is 4.85. The van der Waals surface area contributed by atoms with Gasteiger partial charge in [-0.2, -0.15) is 0 Å². The summed E-state index contributed by atoms with van der Waals surface area (Å²) in [5.41, 5.74) is -0.539. The van der Waals surface area contributed by atoms with E-state index in [2.05, 4.69) is 10.6 Å². The molecular weight excluding hydrogens is 196 g/mol. The number of hydrogen-bond donors (Lipinski definition) is 2. The molecule has 5 nitrogen and oxygen atoms in total. The molecule has 0 aromatic rings. The molecule has 1 rings (SSSR count). The van der Waals surface area contributed by atoms with E-state index in [0.29, 0.717) is 6.54 Å². The molecule has 2 atom stereocenters. The molecule has 0 bridgehead atoms. The lowest BCUT2D eigenvalue weighted by atomic mass is 10.1. The standard InChI is InChI=1S/C10H18N2O3/c1-6-5-11-8(13)7(6)12-9(14)15-10(2,3)4/h6-7H,5H2,1-4H3,(H,11,13)(H,12,14). The van der Waals surface area contributed by atoms with Crippen LogP contribution in [0.5, 0.6) is 0 Å². The van der Waals surface area contributed by atoms with Gasteiger partial charge in [-0.15, -0.1) is 0 Å². The topological polar surface area (TPSA) is 67.4 Å². The molecule has 1 saturated heterocycles. The van der Waals surface area contributed by atoms with Gasteiger partial charge in [0.25, 0.3) is 0 Å². The normalized spacial score (nSPS) is 26.0. The van der Waals surface area contributed by atoms with Gasteiger partial charge in [0.2, 0.25) is 5.91 Å². The first-order valence-electron chi connectivity index (χ1n) is 5.07. The van der Waals surface area contributed by atoms with Crippen LogP contribution < -0.4 is 10.6 Å². The van der Waals surface area contributed by atoms with Crippen molar-refractivity contribution in [3.05, 3.63) is 0 Å². The van der Waals surface area contributed by atoms with Gasteiger partial charge in [0.1, 0.15) is 11.6 Å². The fourth-order valence-corrected chi connectivity index (χ4v) is 1.39. The molecule has 5 heteroatoms. The minimum absolute atomic E-state index is 0.102. The molecule has 0 radical (unpaired) electrons. The van der Waals surface area contributed by atoms with Gasteiger partial charge >= 0.3 is 6.09 Å². The molecule has 1 aliphatic rings. The van der Waals surface area contributed by atoms with Crippen molar-refractivity contribution in [2.45, 2.75) is 39.3 Å². The predicted molar refractivity (Wildman–Crippen MR) is 55.3 cm³/mol. The third-order valence-corrected chi connectivity index (χ3v) is 2.12. The van der Waals surface area contributed by atoms with E-state index in [-0.39, 0.29) is 11.8 Å². The van der Waals surface area contributed by atoms with Crippen LogP contribution in [-0.4, -0.2) is 30.2 Å². The lowest BCUT2D eigenvalue weighted by Gasteiger charge is -2.22. The Morgan fingerprint density at radius 2 is 2.13 bits per heavy atom. The number of hydrogen-bond acceptors (Lipinski definition) is 3. The van der Waals surface area contributed by atoms with Crippen LogP contribution in [0.15, 0.2) is 0 Å². The summed E-state index contributed by atoms with van der Waals surface area (Å²) in [5.74, 6) is -0.0432. The summed E-state index contributed by atoms with van der Waals surface area (Å²) in [7, 11) is 0. The average molecular weight is 214 g/mol. The zero-order valence-corrected chi connectivity index (χ0v) is 9.59. The third kappa shape index (κ3) is 3.42. The minimum atomic E-state index is -0.545. The summed E-state index contributed by atoms with van der Waals surface area (Å²) in [6.45, 7) is 7.85. The Morgan fingerprint density at radius 1 is 1.53 bits per heavy atom. The van der Waals surface area contributed by atoms with Gasteiger partial charge in [0.15, 0.2) is 0 Å². The molecule has 2 amide bonds. The maximum atomic E-state index is 11.4. The molecule has 1 heterocycles. The van der Waals surface area contributed by atoms with E-state index >= 15 is 0 Å². The van der Waals surface area contributed by atoms with E-state index < -0.39 is 17.7 Å². The van der Waals surface area contributed by atoms with Crippen LogP contribution in [0.3, 0.4) is 0 Å². The Kier molecular flexibility index (Phi) is 3.21. The lowest BCUT2D eigenvalue weighted by Crippen LogP contribution is -2.45. The van der Waals surface area contributed by atoms with Crippen molar-refractivity contribution in [1.82, 2.24) is 10.6 Å². The summed E-state index contributed by atoms with van der Waals surface area (Å²) in [4.78, 5) is 22.7. The number of ether oxygens (including phenoxy) is 1. The Balaban J connectivity index is 2.48. The molecule has 0 aliphatic carbocycles. The summed E-state index contributed by atoms with van der Waals surface area (Å²) in [6.07, 6.45) is -0.545. The highest BCUT2D eigenvalue weighted by Crippen LogP contribution is 2.11. The van der Waals surface area contributed by atoms with Crippen LogP contribution in [0, 0.1) is 5.92 Å². The van der Waals surface area contributed by atoms with Crippen molar-refractivity contribution in [2.24, 2.45) is 5.92 Å². The van der Waals surface area contributed by atoms with E-state index in [0.717, 1.165) is 0 Å². The number of nitrogens with one attached hydrogen (secondary N) is 2. The molecule has 1 fully saturated rings. The van der Waals surface area contributed by atoms with E-state index in [4.69, 9.17) is 4.74 Å². The zero-order chi connectivity index (χ0) is 11.6. The lowest BCUT2D eigenvalue weighted by molar-refractivity contribution is -0.121. The van der Waals surface area contributed by atoms with Crippen molar-refractivity contribution >= 4 is 12.0 Å². The second kappa shape index (κ2) is 4.08. The van der Waals surface area contributed by atoms with Crippen LogP contribution in [0.1, 0.15) is 27.7 Å². The van der Waals surface area contributed by atoms with Gasteiger partial charge in [-0.1, -0.05) is 6.92 Å². The Morgan fingerprint density at radius 3 is 2.53 bits per heavy atom. The number of carbonyl (C=O) groups is 2. The first-order valence-corrected chi connectivity index (χ1v) is 5.07. The summed E-state index contributed by atoms with van der Waals surface area (Å²) in [5, 5.41) is 5.24. The van der Waals surface area contributed by atoms with Gasteiger partial charge in [0, 0.05) is 12.5 Å². The summed E-state index contributed by atoms with van der Waals surface area (Å²) < 4.78 is 5.07. The highest BCUT2D eigenvalue weighted by Gasteiger charge is 2.33. The zero-order valence-electron chi connectivity index (χ0n) is 9.59. The van der Waals surface area contributed by atoms with Crippen LogP contribution in [0.4, 0.5) is 4.79 Å². The number of rotatable bonds is 1. The fourth-order valence-electron chi connectivity index (χ4n) is 1.39. The number of amides is 2. The molecule has 2 unspecified atom stereocenters. The predicted octanol–water partition coefficient (Wildman–Crippen LogP) is 0.646. The van der Waals surface area contributed by atoms with Gasteiger partial charge in [-0.25, -0.2) is 4.79 Å². The molecule has 0 spiro atoms. The molecule has 0 aromatic heterocycles. The summed E-state index contributed by atoms with van der Waals surface area (Å²) >= 11 is 0. The SMILES string of the molecule is CC1CNC(=O)C1NC(=O)OC(C)(C)C. The molecular formula is C10H18N2O3. The van der Waals surface area contributed by atoms with E-state index in [1.165, 1.54) is 0 Å². The number of carbonyl (C=O) groups excluding carboxylic acids is 2. The maximum absolute atomic E-state index is 11.4. The number of alkyl carbamates (subject to hydrolysis) is 1. The van der Waals surface area contributed by atoms with E-state index in [1.807, 2.05) is 6.92 Å². The van der Waals surface area contributed by atoms with Crippen molar-refractivity contribution in [3.63, 3.8) is 0 Å². The third-order valence-electron chi connectivity index (χ3n) is 2.12. The van der Waals surface area contributed by atoms with E-state index in [1.54, 1.807) is 20.8 Å². The van der Waals surface area contributed by atoms with Crippen LogP contribution in [0.2, 0.25) is 0 Å². The average Bonchev–Trinajstić information content (AvgIpc) is 2.32. The molecule has 15 heavy (non-hydrogen) atoms. The molecule has 1 aliphatic heterocycles. The monoisotopic (exact) mass is 214 g/mol. The van der Waals surface area contributed by atoms with E-state index in [9.17, 15) is 9.59 Å². The smallest absolute Gasteiger partial charge is 0.408 e. The Hall–Kier alpha value is -1.26. The van der Waals surface area contributed by atoms with Crippen molar-refractivity contribution in [2.75, 3.05) is 6.54 Å². The van der Waals surface area contributed by atoms with Crippen LogP contribution in [-0.2, 0) is 9.53 Å². The molecule has 2 N–H and O–H groups in total. The molecule has 86 valence electrons. The van der Waals surface area contributed by atoms with Crippen molar-refractivity contribution in [3.8, 4) is 0 Å². The maximum Gasteiger partial charge on any atom is 0.408 e. The van der Waals surface area contributed by atoms with Gasteiger partial charge in [-0.3, -0.25) is 4.79 Å². The highest BCUT2D eigenvalue weighted by molar-refractivity contribution is 5.87. The summed E-state index contributed by atoms with van der Waals surface area (Å²) in [6, 6.07) is -0.472. The van der Waals surface area contributed by atoms with Gasteiger partial charge in [0.05, 0.1) is 0 Å². The largest absolute Gasteiger partial charge is 0.444 e. The first kappa shape index (κ1) is 11.8. The minimum Gasteiger partial charge on any atom is -0.444 e. The van der Waals surface area contributed by atoms with Gasteiger partial charge < -0.3 is 15.4 Å². The fraction of sp³-hybridized carbons (Fsp3) is 0.800. The molecule has 0 saturated carbocycles. The first-order chi connectivity index (χ1) is 6.79. The van der Waals surface area contributed by atoms with Crippen LogP contribution >= 0.6 is 0 Å². The van der Waals surface area contributed by atoms with Crippen molar-refractivity contribution in [1.29, 1.82) is 0 Å². The second-order valence-electron chi connectivity index (χ2n) is 4.85. The molecule has 0 aromatic carbocycles. The van der Waals surface area contributed by atoms with Crippen molar-refractivity contribution < 1.29 is 14.3 Å². The Labute approximate surface area is 89.6 Å².